The van der Waals surface area contributed by atoms with Gasteiger partial charge in [0.05, 0.1) is 12.8 Å². The molecule has 0 unspecified atom stereocenters. The van der Waals surface area contributed by atoms with E-state index >= 15 is 0 Å². The van der Waals surface area contributed by atoms with Crippen molar-refractivity contribution in [1.82, 2.24) is 9.88 Å². The van der Waals surface area contributed by atoms with Gasteiger partial charge >= 0.3 is 0 Å². The molecular formula is C24H26FeN2OS. The topological polar surface area (TPSA) is 25.4 Å². The largest absolute Gasteiger partial charge is 0.497 e. The van der Waals surface area contributed by atoms with Gasteiger partial charge in [-0.05, 0) is 96.7 Å². The first kappa shape index (κ1) is 24.4. The molecule has 1 aromatic carbocycles. The Hall–Kier alpha value is -0.871. The zero-order chi connectivity index (χ0) is 19.9. The van der Waals surface area contributed by atoms with E-state index in [-0.39, 0.29) is 17.1 Å². The molecule has 0 saturated heterocycles. The van der Waals surface area contributed by atoms with E-state index in [9.17, 15) is 0 Å². The first-order valence-electron chi connectivity index (χ1n) is 9.26. The smallest absolute Gasteiger partial charge is 0.123 e. The number of thiazole rings is 1. The van der Waals surface area contributed by atoms with E-state index in [1.165, 1.54) is 16.7 Å². The van der Waals surface area contributed by atoms with Crippen LogP contribution in [0, 0.1) is 70.1 Å². The van der Waals surface area contributed by atoms with Gasteiger partial charge in [-0.2, -0.15) is 0 Å². The van der Waals surface area contributed by atoms with Crippen molar-refractivity contribution in [2.24, 2.45) is 0 Å². The summed E-state index contributed by atoms with van der Waals surface area (Å²) in [5.74, 6) is 3.52. The Morgan fingerprint density at radius 2 is 1.55 bits per heavy atom. The fourth-order valence-electron chi connectivity index (χ4n) is 2.98. The third-order valence-electron chi connectivity index (χ3n) is 4.33. The molecule has 1 heterocycles. The van der Waals surface area contributed by atoms with Crippen molar-refractivity contribution in [3.63, 3.8) is 0 Å². The maximum atomic E-state index is 5.22. The summed E-state index contributed by atoms with van der Waals surface area (Å²) in [4.78, 5) is 8.23. The van der Waals surface area contributed by atoms with E-state index in [1.807, 2.05) is 44.2 Å². The number of methoxy groups -OCH3 is 1. The second kappa shape index (κ2) is 12.1. The first-order chi connectivity index (χ1) is 13.6. The molecule has 4 rings (SSSR count). The molecular weight excluding hydrogens is 420 g/mol. The van der Waals surface area contributed by atoms with E-state index in [1.54, 1.807) is 18.4 Å². The zero-order valence-corrected chi connectivity index (χ0v) is 19.1. The molecule has 3 nitrogen and oxygen atoms in total. The van der Waals surface area contributed by atoms with Crippen LogP contribution in [0.5, 0.6) is 5.75 Å². The van der Waals surface area contributed by atoms with Gasteiger partial charge in [-0.1, -0.05) is 0 Å². The number of aryl methyl sites for hydroxylation is 1. The summed E-state index contributed by atoms with van der Waals surface area (Å²) in [6.07, 6.45) is 16.5. The zero-order valence-electron chi connectivity index (χ0n) is 17.2. The number of nitrogens with zero attached hydrogens (tertiary/aromatic N) is 2. The van der Waals surface area contributed by atoms with Gasteiger partial charge in [-0.15, -0.1) is 11.3 Å². The van der Waals surface area contributed by atoms with Gasteiger partial charge in [0.15, 0.2) is 0 Å². The molecule has 0 aliphatic heterocycles. The molecule has 10 radical (unpaired) electrons. The Morgan fingerprint density at radius 1 is 0.931 bits per heavy atom. The summed E-state index contributed by atoms with van der Waals surface area (Å²) < 4.78 is 5.22. The minimum atomic E-state index is 0. The van der Waals surface area contributed by atoms with Crippen molar-refractivity contribution >= 4 is 11.3 Å². The maximum absolute atomic E-state index is 5.22. The average Bonchev–Trinajstić information content (AvgIpc) is 3.44. The van der Waals surface area contributed by atoms with Gasteiger partial charge in [0.2, 0.25) is 0 Å². The number of benzene rings is 1. The van der Waals surface area contributed by atoms with Gasteiger partial charge in [0.25, 0.3) is 0 Å². The summed E-state index contributed by atoms with van der Waals surface area (Å²) >= 11 is 1.75. The molecule has 2 fully saturated rings. The Bertz CT molecular complexity index is 717. The standard InChI is InChI=1S/C19H21N2OS.C5H5.Fe/c1-13-18(17-7-5-6-15(17)12-21(2)3)23-19(20-13)14-8-10-16(22-4)11-9-14;1-2-4-5-3-1;/h5-11H,12H2,1-4H3;1-5H;. The molecule has 5 heteroatoms. The fourth-order valence-corrected chi connectivity index (χ4v) is 4.11. The Kier molecular flexibility index (Phi) is 10.2. The van der Waals surface area contributed by atoms with E-state index in [2.05, 4.69) is 57.3 Å². The van der Waals surface area contributed by atoms with Crippen LogP contribution in [0.4, 0.5) is 0 Å². The number of hydrogen-bond donors (Lipinski definition) is 0. The quantitative estimate of drug-likeness (QED) is 0.616. The minimum absolute atomic E-state index is 0. The van der Waals surface area contributed by atoms with Crippen molar-refractivity contribution in [2.75, 3.05) is 27.7 Å². The van der Waals surface area contributed by atoms with Crippen LogP contribution in [-0.2, 0) is 17.1 Å². The van der Waals surface area contributed by atoms with Gasteiger partial charge in [-0.25, -0.2) is 4.98 Å². The Morgan fingerprint density at radius 3 is 2.10 bits per heavy atom. The Balaban J connectivity index is 0.000000437. The van der Waals surface area contributed by atoms with Crippen LogP contribution in [0.3, 0.4) is 0 Å². The Labute approximate surface area is 191 Å². The molecule has 0 amide bonds. The molecule has 152 valence electrons. The third-order valence-corrected chi connectivity index (χ3v) is 5.57. The maximum Gasteiger partial charge on any atom is 0.123 e. The minimum Gasteiger partial charge on any atom is -0.497 e. The molecule has 2 aliphatic rings. The summed E-state index contributed by atoms with van der Waals surface area (Å²) in [6.45, 7) is 3.03. The van der Waals surface area contributed by atoms with E-state index in [0.717, 1.165) is 28.6 Å². The van der Waals surface area contributed by atoms with Crippen molar-refractivity contribution in [3.8, 4) is 16.3 Å². The summed E-state index contributed by atoms with van der Waals surface area (Å²) in [5, 5.41) is 1.05. The van der Waals surface area contributed by atoms with Crippen LogP contribution in [0.15, 0.2) is 24.3 Å². The number of hydrogen-bond acceptors (Lipinski definition) is 4. The van der Waals surface area contributed by atoms with Crippen LogP contribution in [0.1, 0.15) is 10.6 Å². The third kappa shape index (κ3) is 6.82. The second-order valence-corrected chi connectivity index (χ2v) is 7.83. The van der Waals surface area contributed by atoms with E-state index in [4.69, 9.17) is 9.72 Å². The molecule has 2 aromatic rings. The molecule has 2 aliphatic carbocycles. The predicted octanol–water partition coefficient (Wildman–Crippen LogP) is 4.83. The summed E-state index contributed by atoms with van der Waals surface area (Å²) in [5.41, 5.74) is 2.22. The van der Waals surface area contributed by atoms with Crippen LogP contribution in [0.25, 0.3) is 10.6 Å². The predicted molar refractivity (Wildman–Crippen MR) is 117 cm³/mol. The SMILES string of the molecule is COc1ccc(-c2nc(C)c([C]3[CH][CH][CH][C]3CN(C)C)s2)cc1.[CH]1[CH][CH][CH][CH]1.[Fe]. The number of ether oxygens (including phenoxy) is 1. The molecule has 2 saturated carbocycles. The summed E-state index contributed by atoms with van der Waals surface area (Å²) in [7, 11) is 5.88. The van der Waals surface area contributed by atoms with Crippen LogP contribution in [0.2, 0.25) is 0 Å². The molecule has 0 atom stereocenters. The molecule has 1 aromatic heterocycles. The molecule has 0 spiro atoms. The molecule has 29 heavy (non-hydrogen) atoms. The van der Waals surface area contributed by atoms with Crippen molar-refractivity contribution < 1.29 is 21.8 Å². The van der Waals surface area contributed by atoms with Gasteiger partial charge in [0.1, 0.15) is 10.8 Å². The average molecular weight is 446 g/mol. The first-order valence-corrected chi connectivity index (χ1v) is 10.1. The van der Waals surface area contributed by atoms with E-state index in [0.29, 0.717) is 0 Å². The van der Waals surface area contributed by atoms with Crippen molar-refractivity contribution in [2.45, 2.75) is 6.92 Å². The van der Waals surface area contributed by atoms with E-state index < -0.39 is 0 Å². The number of aromatic nitrogens is 1. The normalized spacial score (nSPS) is 17.1. The van der Waals surface area contributed by atoms with Crippen molar-refractivity contribution in [1.29, 1.82) is 0 Å². The fraction of sp³-hybridized carbons (Fsp3) is 0.208. The van der Waals surface area contributed by atoms with Gasteiger partial charge < -0.3 is 9.64 Å². The van der Waals surface area contributed by atoms with Crippen LogP contribution >= 0.6 is 11.3 Å². The monoisotopic (exact) mass is 446 g/mol. The number of rotatable bonds is 5. The molecule has 0 N–H and O–H groups in total. The molecule has 0 bridgehead atoms. The second-order valence-electron chi connectivity index (χ2n) is 6.83. The summed E-state index contributed by atoms with van der Waals surface area (Å²) in [6, 6.07) is 8.08. The van der Waals surface area contributed by atoms with Gasteiger partial charge in [-0.3, -0.25) is 0 Å². The van der Waals surface area contributed by atoms with Crippen LogP contribution < -0.4 is 4.74 Å². The van der Waals surface area contributed by atoms with Gasteiger partial charge in [0, 0.05) is 45.9 Å². The van der Waals surface area contributed by atoms with Crippen LogP contribution in [-0.4, -0.2) is 37.6 Å². The van der Waals surface area contributed by atoms with Crippen molar-refractivity contribution in [3.05, 3.63) is 98.0 Å².